The van der Waals surface area contributed by atoms with Gasteiger partial charge in [-0.25, -0.2) is 0 Å². The Morgan fingerprint density at radius 2 is 1.89 bits per heavy atom. The standard InChI is InChI=1S/C8H14O/c1-2-8(6-9-5-1)7-3-4-7/h7-8H,1-6H2. The second-order valence-electron chi connectivity index (χ2n) is 3.31. The van der Waals surface area contributed by atoms with Crippen LogP contribution in [0.25, 0.3) is 0 Å². The van der Waals surface area contributed by atoms with Gasteiger partial charge in [0.15, 0.2) is 0 Å². The molecule has 1 aliphatic carbocycles. The van der Waals surface area contributed by atoms with Gasteiger partial charge < -0.3 is 4.74 Å². The summed E-state index contributed by atoms with van der Waals surface area (Å²) >= 11 is 0. The molecule has 0 bridgehead atoms. The van der Waals surface area contributed by atoms with Gasteiger partial charge in [0, 0.05) is 13.2 Å². The van der Waals surface area contributed by atoms with Gasteiger partial charge in [-0.1, -0.05) is 0 Å². The minimum Gasteiger partial charge on any atom is -0.381 e. The first-order chi connectivity index (χ1) is 4.47. The molecule has 1 nitrogen and oxygen atoms in total. The Labute approximate surface area is 56.4 Å². The van der Waals surface area contributed by atoms with Gasteiger partial charge in [-0.2, -0.15) is 0 Å². The van der Waals surface area contributed by atoms with E-state index < -0.39 is 0 Å². The predicted molar refractivity (Wildman–Crippen MR) is 36.3 cm³/mol. The average Bonchev–Trinajstić information content (AvgIpc) is 2.71. The minimum atomic E-state index is 0.943. The van der Waals surface area contributed by atoms with Crippen LogP contribution in [-0.4, -0.2) is 13.2 Å². The average molecular weight is 126 g/mol. The first-order valence-electron chi connectivity index (χ1n) is 4.04. The monoisotopic (exact) mass is 126 g/mol. The number of hydrogen-bond acceptors (Lipinski definition) is 1. The van der Waals surface area contributed by atoms with Gasteiger partial charge in [-0.15, -0.1) is 0 Å². The lowest BCUT2D eigenvalue weighted by molar-refractivity contribution is 0.0466. The molecule has 1 saturated heterocycles. The van der Waals surface area contributed by atoms with E-state index in [2.05, 4.69) is 0 Å². The summed E-state index contributed by atoms with van der Waals surface area (Å²) in [6, 6.07) is 0. The van der Waals surface area contributed by atoms with Gasteiger partial charge in [0.1, 0.15) is 0 Å². The first kappa shape index (κ1) is 5.72. The zero-order chi connectivity index (χ0) is 6.10. The van der Waals surface area contributed by atoms with Crippen molar-refractivity contribution in [3.8, 4) is 0 Å². The molecule has 1 unspecified atom stereocenters. The van der Waals surface area contributed by atoms with Crippen molar-refractivity contribution in [2.24, 2.45) is 11.8 Å². The van der Waals surface area contributed by atoms with E-state index in [1.54, 1.807) is 0 Å². The van der Waals surface area contributed by atoms with E-state index in [-0.39, 0.29) is 0 Å². The molecule has 1 saturated carbocycles. The fourth-order valence-electron chi connectivity index (χ4n) is 1.71. The van der Waals surface area contributed by atoms with Gasteiger partial charge in [0.2, 0.25) is 0 Å². The highest BCUT2D eigenvalue weighted by Gasteiger charge is 2.31. The third-order valence-corrected chi connectivity index (χ3v) is 2.48. The maximum absolute atomic E-state index is 5.38. The lowest BCUT2D eigenvalue weighted by Crippen LogP contribution is -2.18. The Kier molecular flexibility index (Phi) is 1.46. The highest BCUT2D eigenvalue weighted by molar-refractivity contribution is 4.82. The van der Waals surface area contributed by atoms with Crippen LogP contribution in [0, 0.1) is 11.8 Å². The molecule has 0 N–H and O–H groups in total. The van der Waals surface area contributed by atoms with Crippen molar-refractivity contribution < 1.29 is 4.74 Å². The maximum Gasteiger partial charge on any atom is 0.0496 e. The van der Waals surface area contributed by atoms with Crippen molar-refractivity contribution in [3.05, 3.63) is 0 Å². The van der Waals surface area contributed by atoms with Gasteiger partial charge in [0.25, 0.3) is 0 Å². The summed E-state index contributed by atoms with van der Waals surface area (Å²) in [4.78, 5) is 0. The van der Waals surface area contributed by atoms with E-state index in [0.717, 1.165) is 25.0 Å². The topological polar surface area (TPSA) is 9.23 Å². The Bertz CT molecular complexity index is 90.7. The zero-order valence-electron chi connectivity index (χ0n) is 5.81. The quantitative estimate of drug-likeness (QED) is 0.520. The summed E-state index contributed by atoms with van der Waals surface area (Å²) in [6.07, 6.45) is 5.70. The van der Waals surface area contributed by atoms with E-state index >= 15 is 0 Å². The van der Waals surface area contributed by atoms with Crippen LogP contribution in [0.15, 0.2) is 0 Å². The number of hydrogen-bond donors (Lipinski definition) is 0. The molecule has 2 fully saturated rings. The van der Waals surface area contributed by atoms with E-state index in [4.69, 9.17) is 4.74 Å². The molecule has 0 aromatic carbocycles. The van der Waals surface area contributed by atoms with Gasteiger partial charge >= 0.3 is 0 Å². The van der Waals surface area contributed by atoms with Crippen LogP contribution in [0.2, 0.25) is 0 Å². The normalized spacial score (nSPS) is 36.7. The van der Waals surface area contributed by atoms with Crippen molar-refractivity contribution in [3.63, 3.8) is 0 Å². The SMILES string of the molecule is C1COCC(C2CC2)C1. The smallest absolute Gasteiger partial charge is 0.0496 e. The molecule has 1 atom stereocenters. The first-order valence-corrected chi connectivity index (χ1v) is 4.04. The second kappa shape index (κ2) is 2.30. The van der Waals surface area contributed by atoms with Crippen LogP contribution in [0.5, 0.6) is 0 Å². The van der Waals surface area contributed by atoms with E-state index in [9.17, 15) is 0 Å². The van der Waals surface area contributed by atoms with Crippen LogP contribution >= 0.6 is 0 Å². The third-order valence-electron chi connectivity index (χ3n) is 2.48. The molecule has 52 valence electrons. The molecular weight excluding hydrogens is 112 g/mol. The van der Waals surface area contributed by atoms with Gasteiger partial charge in [-0.05, 0) is 37.5 Å². The second-order valence-corrected chi connectivity index (χ2v) is 3.31. The predicted octanol–water partition coefficient (Wildman–Crippen LogP) is 1.82. The van der Waals surface area contributed by atoms with Gasteiger partial charge in [-0.3, -0.25) is 0 Å². The van der Waals surface area contributed by atoms with E-state index in [1.807, 2.05) is 0 Å². The molecule has 0 aromatic rings. The fourth-order valence-corrected chi connectivity index (χ4v) is 1.71. The van der Waals surface area contributed by atoms with Crippen molar-refractivity contribution >= 4 is 0 Å². The largest absolute Gasteiger partial charge is 0.381 e. The van der Waals surface area contributed by atoms with Crippen molar-refractivity contribution in [1.82, 2.24) is 0 Å². The Morgan fingerprint density at radius 1 is 1.00 bits per heavy atom. The number of rotatable bonds is 1. The highest BCUT2D eigenvalue weighted by atomic mass is 16.5. The molecule has 0 spiro atoms. The Morgan fingerprint density at radius 3 is 2.44 bits per heavy atom. The molecule has 2 aliphatic rings. The molecule has 2 rings (SSSR count). The lowest BCUT2D eigenvalue weighted by Gasteiger charge is -2.21. The molecule has 0 aromatic heterocycles. The van der Waals surface area contributed by atoms with Crippen molar-refractivity contribution in [2.75, 3.05) is 13.2 Å². The van der Waals surface area contributed by atoms with Gasteiger partial charge in [0.05, 0.1) is 0 Å². The maximum atomic E-state index is 5.38. The van der Waals surface area contributed by atoms with E-state index in [0.29, 0.717) is 0 Å². The summed E-state index contributed by atoms with van der Waals surface area (Å²) in [5.74, 6) is 2.00. The fraction of sp³-hybridized carbons (Fsp3) is 1.00. The van der Waals surface area contributed by atoms with Crippen LogP contribution in [0.1, 0.15) is 25.7 Å². The molecule has 1 aliphatic heterocycles. The summed E-state index contributed by atoms with van der Waals surface area (Å²) in [7, 11) is 0. The molecule has 0 amide bonds. The van der Waals surface area contributed by atoms with Crippen LogP contribution in [-0.2, 0) is 4.74 Å². The summed E-state index contributed by atoms with van der Waals surface area (Å²) in [6.45, 7) is 2.08. The summed E-state index contributed by atoms with van der Waals surface area (Å²) in [5, 5.41) is 0. The van der Waals surface area contributed by atoms with Crippen LogP contribution < -0.4 is 0 Å². The zero-order valence-corrected chi connectivity index (χ0v) is 5.81. The summed E-state index contributed by atoms with van der Waals surface area (Å²) < 4.78 is 5.38. The molecule has 1 heterocycles. The third kappa shape index (κ3) is 1.26. The molecule has 1 heteroatoms. The van der Waals surface area contributed by atoms with Crippen molar-refractivity contribution in [2.45, 2.75) is 25.7 Å². The molecule has 0 radical (unpaired) electrons. The molecular formula is C8H14O. The Hall–Kier alpha value is -0.0400. The van der Waals surface area contributed by atoms with Crippen molar-refractivity contribution in [1.29, 1.82) is 0 Å². The lowest BCUT2D eigenvalue weighted by atomic mass is 9.97. The number of ether oxygens (including phenoxy) is 1. The minimum absolute atomic E-state index is 0.943. The highest BCUT2D eigenvalue weighted by Crippen LogP contribution is 2.40. The van der Waals surface area contributed by atoms with Crippen LogP contribution in [0.3, 0.4) is 0 Å². The van der Waals surface area contributed by atoms with E-state index in [1.165, 1.54) is 25.7 Å². The van der Waals surface area contributed by atoms with Crippen LogP contribution in [0.4, 0.5) is 0 Å². The summed E-state index contributed by atoms with van der Waals surface area (Å²) in [5.41, 5.74) is 0. The Balaban J connectivity index is 1.80. The molecule has 9 heavy (non-hydrogen) atoms.